The second kappa shape index (κ2) is 6.56. The predicted octanol–water partition coefficient (Wildman–Crippen LogP) is 2.26. The molecule has 1 aromatic rings. The molecule has 1 aliphatic heterocycles. The minimum absolute atomic E-state index is 0.151. The van der Waals surface area contributed by atoms with Crippen molar-refractivity contribution in [2.75, 3.05) is 36.5 Å². The second-order valence-electron chi connectivity index (χ2n) is 4.63. The number of nitrogens with two attached hydrogens (primary N) is 1. The monoisotopic (exact) mass is 341 g/mol. The molecule has 3 N–H and O–H groups in total. The van der Waals surface area contributed by atoms with E-state index >= 15 is 0 Å². The maximum atomic E-state index is 11.6. The Kier molecular flexibility index (Phi) is 5.01. The SMILES string of the molecule is CCOCCN(CC)c1cc2c(cc1Br)C(N)C(=O)N2. The molecule has 1 aliphatic rings. The van der Waals surface area contributed by atoms with Gasteiger partial charge in [0.05, 0.1) is 12.3 Å². The topological polar surface area (TPSA) is 67.6 Å². The van der Waals surface area contributed by atoms with Crippen LogP contribution in [0.3, 0.4) is 0 Å². The number of nitrogens with zero attached hydrogens (tertiary/aromatic N) is 1. The summed E-state index contributed by atoms with van der Waals surface area (Å²) in [6, 6.07) is 3.32. The number of hydrogen-bond acceptors (Lipinski definition) is 4. The average Bonchev–Trinajstić information content (AvgIpc) is 2.70. The molecule has 5 nitrogen and oxygen atoms in total. The first kappa shape index (κ1) is 15.3. The maximum absolute atomic E-state index is 11.6. The van der Waals surface area contributed by atoms with Gasteiger partial charge >= 0.3 is 0 Å². The fourth-order valence-corrected chi connectivity index (χ4v) is 2.92. The van der Waals surface area contributed by atoms with E-state index in [2.05, 4.69) is 33.1 Å². The number of hydrogen-bond donors (Lipinski definition) is 2. The molecule has 1 aromatic carbocycles. The molecule has 0 saturated carbocycles. The molecule has 0 spiro atoms. The molecule has 0 aromatic heterocycles. The number of halogens is 1. The first-order valence-corrected chi connectivity index (χ1v) is 7.60. The molecule has 0 saturated heterocycles. The second-order valence-corrected chi connectivity index (χ2v) is 5.49. The lowest BCUT2D eigenvalue weighted by atomic mass is 10.1. The number of ether oxygens (including phenoxy) is 1. The summed E-state index contributed by atoms with van der Waals surface area (Å²) >= 11 is 3.57. The van der Waals surface area contributed by atoms with Crippen molar-refractivity contribution in [2.24, 2.45) is 5.73 Å². The van der Waals surface area contributed by atoms with E-state index in [1.54, 1.807) is 0 Å². The third-order valence-corrected chi connectivity index (χ3v) is 4.06. The molecule has 1 amide bonds. The Balaban J connectivity index is 2.24. The van der Waals surface area contributed by atoms with Crippen LogP contribution in [-0.2, 0) is 9.53 Å². The fourth-order valence-electron chi connectivity index (χ4n) is 2.30. The minimum Gasteiger partial charge on any atom is -0.380 e. The van der Waals surface area contributed by atoms with Crippen LogP contribution in [0, 0.1) is 0 Å². The third-order valence-electron chi connectivity index (χ3n) is 3.43. The summed E-state index contributed by atoms with van der Waals surface area (Å²) in [6.45, 7) is 7.15. The standard InChI is InChI=1S/C14H20BrN3O2/c1-3-18(5-6-20-4-2)12-8-11-9(7-10(12)15)13(16)14(19)17-11/h7-8,13H,3-6,16H2,1-2H3,(H,17,19). The van der Waals surface area contributed by atoms with Gasteiger partial charge in [0.1, 0.15) is 6.04 Å². The van der Waals surface area contributed by atoms with Crippen LogP contribution in [0.4, 0.5) is 11.4 Å². The summed E-state index contributed by atoms with van der Waals surface area (Å²) in [5, 5.41) is 2.82. The lowest BCUT2D eigenvalue weighted by Gasteiger charge is -2.25. The maximum Gasteiger partial charge on any atom is 0.245 e. The summed E-state index contributed by atoms with van der Waals surface area (Å²) in [5.41, 5.74) is 8.53. The third kappa shape index (κ3) is 2.97. The van der Waals surface area contributed by atoms with Crippen LogP contribution >= 0.6 is 15.9 Å². The summed E-state index contributed by atoms with van der Waals surface area (Å²) in [7, 11) is 0. The van der Waals surface area contributed by atoms with Crippen LogP contribution in [-0.4, -0.2) is 32.2 Å². The van der Waals surface area contributed by atoms with Gasteiger partial charge in [-0.15, -0.1) is 0 Å². The Bertz CT molecular complexity index is 507. The van der Waals surface area contributed by atoms with E-state index in [0.717, 1.165) is 34.5 Å². The van der Waals surface area contributed by atoms with Crippen molar-refractivity contribution in [3.05, 3.63) is 22.2 Å². The normalized spacial score (nSPS) is 17.0. The number of rotatable bonds is 6. The molecule has 6 heteroatoms. The number of benzene rings is 1. The molecular formula is C14H20BrN3O2. The lowest BCUT2D eigenvalue weighted by Crippen LogP contribution is -2.27. The number of carbonyl (C=O) groups is 1. The number of anilines is 2. The van der Waals surface area contributed by atoms with Crippen molar-refractivity contribution >= 4 is 33.2 Å². The zero-order valence-electron chi connectivity index (χ0n) is 11.8. The van der Waals surface area contributed by atoms with E-state index < -0.39 is 6.04 Å². The Morgan fingerprint density at radius 1 is 1.45 bits per heavy atom. The Morgan fingerprint density at radius 3 is 2.85 bits per heavy atom. The smallest absolute Gasteiger partial charge is 0.245 e. The van der Waals surface area contributed by atoms with Crippen molar-refractivity contribution in [1.29, 1.82) is 0 Å². The fraction of sp³-hybridized carbons (Fsp3) is 0.500. The van der Waals surface area contributed by atoms with Gasteiger partial charge in [-0.3, -0.25) is 4.79 Å². The minimum atomic E-state index is -0.575. The van der Waals surface area contributed by atoms with Crippen molar-refractivity contribution in [1.82, 2.24) is 0 Å². The van der Waals surface area contributed by atoms with Crippen LogP contribution < -0.4 is 16.0 Å². The number of amides is 1. The average molecular weight is 342 g/mol. The Morgan fingerprint density at radius 2 is 2.20 bits per heavy atom. The van der Waals surface area contributed by atoms with Gasteiger partial charge in [0, 0.05) is 35.4 Å². The molecule has 20 heavy (non-hydrogen) atoms. The summed E-state index contributed by atoms with van der Waals surface area (Å²) in [5.74, 6) is -0.151. The summed E-state index contributed by atoms with van der Waals surface area (Å²) in [4.78, 5) is 13.8. The number of likely N-dealkylation sites (N-methyl/N-ethyl adjacent to an activating group) is 1. The van der Waals surface area contributed by atoms with E-state index in [9.17, 15) is 4.79 Å². The molecule has 1 heterocycles. The Hall–Kier alpha value is -1.11. The van der Waals surface area contributed by atoms with E-state index in [1.807, 2.05) is 19.1 Å². The molecular weight excluding hydrogens is 322 g/mol. The van der Waals surface area contributed by atoms with Crippen LogP contribution in [0.1, 0.15) is 25.5 Å². The van der Waals surface area contributed by atoms with Crippen molar-refractivity contribution in [3.63, 3.8) is 0 Å². The first-order chi connectivity index (χ1) is 9.58. The van der Waals surface area contributed by atoms with E-state index in [0.29, 0.717) is 13.2 Å². The van der Waals surface area contributed by atoms with E-state index in [1.165, 1.54) is 0 Å². The zero-order chi connectivity index (χ0) is 14.7. The van der Waals surface area contributed by atoms with Gasteiger partial charge in [0.2, 0.25) is 5.91 Å². The Labute approximate surface area is 127 Å². The highest BCUT2D eigenvalue weighted by Gasteiger charge is 2.28. The van der Waals surface area contributed by atoms with E-state index in [-0.39, 0.29) is 5.91 Å². The molecule has 0 fully saturated rings. The molecule has 1 atom stereocenters. The molecule has 110 valence electrons. The van der Waals surface area contributed by atoms with Gasteiger partial charge in [-0.2, -0.15) is 0 Å². The number of carbonyl (C=O) groups excluding carboxylic acids is 1. The van der Waals surface area contributed by atoms with Crippen molar-refractivity contribution < 1.29 is 9.53 Å². The first-order valence-electron chi connectivity index (χ1n) is 6.81. The van der Waals surface area contributed by atoms with Gasteiger partial charge in [-0.25, -0.2) is 0 Å². The summed E-state index contributed by atoms with van der Waals surface area (Å²) < 4.78 is 6.35. The van der Waals surface area contributed by atoms with Crippen molar-refractivity contribution in [2.45, 2.75) is 19.9 Å². The molecule has 1 unspecified atom stereocenters. The lowest BCUT2D eigenvalue weighted by molar-refractivity contribution is -0.116. The van der Waals surface area contributed by atoms with Gasteiger partial charge in [-0.1, -0.05) is 0 Å². The molecule has 0 bridgehead atoms. The largest absolute Gasteiger partial charge is 0.380 e. The van der Waals surface area contributed by atoms with Gasteiger partial charge in [-0.05, 0) is 41.9 Å². The molecule has 2 rings (SSSR count). The molecule has 0 radical (unpaired) electrons. The predicted molar refractivity (Wildman–Crippen MR) is 84.1 cm³/mol. The zero-order valence-corrected chi connectivity index (χ0v) is 13.4. The molecule has 0 aliphatic carbocycles. The van der Waals surface area contributed by atoms with Crippen LogP contribution in [0.15, 0.2) is 16.6 Å². The highest BCUT2D eigenvalue weighted by atomic mass is 79.9. The van der Waals surface area contributed by atoms with Gasteiger partial charge < -0.3 is 20.7 Å². The van der Waals surface area contributed by atoms with Crippen LogP contribution in [0.25, 0.3) is 0 Å². The van der Waals surface area contributed by atoms with Crippen LogP contribution in [0.2, 0.25) is 0 Å². The highest BCUT2D eigenvalue weighted by Crippen LogP contribution is 2.38. The number of nitrogens with one attached hydrogen (secondary N) is 1. The quantitative estimate of drug-likeness (QED) is 0.779. The number of fused-ring (bicyclic) bond motifs is 1. The van der Waals surface area contributed by atoms with Gasteiger partial charge in [0.15, 0.2) is 0 Å². The van der Waals surface area contributed by atoms with E-state index in [4.69, 9.17) is 10.5 Å². The van der Waals surface area contributed by atoms with Gasteiger partial charge in [0.25, 0.3) is 0 Å². The van der Waals surface area contributed by atoms with Crippen molar-refractivity contribution in [3.8, 4) is 0 Å². The van der Waals surface area contributed by atoms with Crippen LogP contribution in [0.5, 0.6) is 0 Å². The highest BCUT2D eigenvalue weighted by molar-refractivity contribution is 9.10. The summed E-state index contributed by atoms with van der Waals surface area (Å²) in [6.07, 6.45) is 0.